The van der Waals surface area contributed by atoms with Crippen molar-refractivity contribution in [3.63, 3.8) is 0 Å². The summed E-state index contributed by atoms with van der Waals surface area (Å²) in [6.45, 7) is 8.83. The van der Waals surface area contributed by atoms with Crippen LogP contribution in [0.3, 0.4) is 0 Å². The number of aryl methyl sites for hydroxylation is 3. The van der Waals surface area contributed by atoms with E-state index in [0.717, 1.165) is 41.2 Å². The van der Waals surface area contributed by atoms with Crippen molar-refractivity contribution >= 4 is 33.3 Å². The van der Waals surface area contributed by atoms with Crippen LogP contribution in [0.1, 0.15) is 29.1 Å². The van der Waals surface area contributed by atoms with Crippen LogP contribution < -0.4 is 16.0 Å². The Labute approximate surface area is 146 Å². The quantitative estimate of drug-likeness (QED) is 0.882. The first kappa shape index (κ1) is 17.1. The van der Waals surface area contributed by atoms with Gasteiger partial charge >= 0.3 is 0 Å². The molecule has 1 aliphatic heterocycles. The highest BCUT2D eigenvalue weighted by molar-refractivity contribution is 7.18. The molecule has 2 aromatic heterocycles. The third kappa shape index (κ3) is 3.23. The first-order valence-corrected chi connectivity index (χ1v) is 9.30. The third-order valence-corrected chi connectivity index (χ3v) is 5.76. The van der Waals surface area contributed by atoms with E-state index in [4.69, 9.17) is 10.7 Å². The number of piperidine rings is 1. The van der Waals surface area contributed by atoms with E-state index in [1.807, 2.05) is 6.92 Å². The molecule has 1 unspecified atom stereocenters. The number of carbonyl (C=O) groups excluding carboxylic acids is 1. The molecule has 0 aromatic carbocycles. The fourth-order valence-corrected chi connectivity index (χ4v) is 4.35. The van der Waals surface area contributed by atoms with Gasteiger partial charge in [-0.05, 0) is 39.2 Å². The Morgan fingerprint density at radius 1 is 1.38 bits per heavy atom. The molecule has 3 rings (SSSR count). The largest absolute Gasteiger partial charge is 0.355 e. The molecule has 2 aromatic rings. The molecule has 0 spiro atoms. The molecule has 24 heavy (non-hydrogen) atoms. The second-order valence-electron chi connectivity index (χ2n) is 6.42. The lowest BCUT2D eigenvalue weighted by Gasteiger charge is -2.33. The SMILES string of the molecule is Cc1nc(N2CCCC(C(=O)NCCN)C2)c2c(C)c(C)sc2n1. The summed E-state index contributed by atoms with van der Waals surface area (Å²) in [6.07, 6.45) is 1.91. The number of nitrogens with zero attached hydrogens (tertiary/aromatic N) is 3. The van der Waals surface area contributed by atoms with E-state index in [-0.39, 0.29) is 11.8 Å². The van der Waals surface area contributed by atoms with E-state index < -0.39 is 0 Å². The maximum atomic E-state index is 12.3. The van der Waals surface area contributed by atoms with Gasteiger partial charge in [-0.3, -0.25) is 4.79 Å². The molecule has 0 aliphatic carbocycles. The molecular weight excluding hydrogens is 322 g/mol. The van der Waals surface area contributed by atoms with Crippen LogP contribution in [0.25, 0.3) is 10.2 Å². The van der Waals surface area contributed by atoms with Crippen molar-refractivity contribution in [3.8, 4) is 0 Å². The van der Waals surface area contributed by atoms with Gasteiger partial charge in [-0.25, -0.2) is 9.97 Å². The summed E-state index contributed by atoms with van der Waals surface area (Å²) in [7, 11) is 0. The van der Waals surface area contributed by atoms with Crippen molar-refractivity contribution in [2.75, 3.05) is 31.1 Å². The Morgan fingerprint density at radius 2 is 2.17 bits per heavy atom. The van der Waals surface area contributed by atoms with Crippen LogP contribution in [0.4, 0.5) is 5.82 Å². The average Bonchev–Trinajstić information content (AvgIpc) is 2.86. The standard InChI is InChI=1S/C17H25N5OS/c1-10-11(2)24-17-14(10)15(20-12(3)21-17)22-8-4-5-13(9-22)16(23)19-7-6-18/h13H,4-9,18H2,1-3H3,(H,19,23). The van der Waals surface area contributed by atoms with E-state index in [9.17, 15) is 4.79 Å². The van der Waals surface area contributed by atoms with E-state index in [1.54, 1.807) is 11.3 Å². The topological polar surface area (TPSA) is 84.1 Å². The maximum absolute atomic E-state index is 12.3. The first-order valence-electron chi connectivity index (χ1n) is 8.48. The van der Waals surface area contributed by atoms with Crippen molar-refractivity contribution in [2.45, 2.75) is 33.6 Å². The van der Waals surface area contributed by atoms with Crippen molar-refractivity contribution in [2.24, 2.45) is 11.7 Å². The van der Waals surface area contributed by atoms with Crippen molar-refractivity contribution in [1.82, 2.24) is 15.3 Å². The third-order valence-electron chi connectivity index (χ3n) is 4.66. The molecule has 1 atom stereocenters. The maximum Gasteiger partial charge on any atom is 0.224 e. The Kier molecular flexibility index (Phi) is 5.01. The molecule has 1 amide bonds. The number of thiophene rings is 1. The number of rotatable bonds is 4. The smallest absolute Gasteiger partial charge is 0.224 e. The number of hydrogen-bond acceptors (Lipinski definition) is 6. The second kappa shape index (κ2) is 7.03. The number of anilines is 1. The zero-order chi connectivity index (χ0) is 17.3. The van der Waals surface area contributed by atoms with Gasteiger partial charge in [-0.1, -0.05) is 0 Å². The zero-order valence-electron chi connectivity index (χ0n) is 14.6. The van der Waals surface area contributed by atoms with Gasteiger partial charge in [0.15, 0.2) is 0 Å². The first-order chi connectivity index (χ1) is 11.5. The summed E-state index contributed by atoms with van der Waals surface area (Å²) < 4.78 is 0. The lowest BCUT2D eigenvalue weighted by atomic mass is 9.96. The molecule has 0 radical (unpaired) electrons. The monoisotopic (exact) mass is 347 g/mol. The molecule has 1 aliphatic rings. The van der Waals surface area contributed by atoms with Gasteiger partial charge in [0, 0.05) is 31.1 Å². The summed E-state index contributed by atoms with van der Waals surface area (Å²) in [5.41, 5.74) is 6.73. The molecule has 3 N–H and O–H groups in total. The Balaban J connectivity index is 1.91. The van der Waals surface area contributed by atoms with Crippen LogP contribution in [0.5, 0.6) is 0 Å². The molecule has 6 nitrogen and oxygen atoms in total. The van der Waals surface area contributed by atoms with Gasteiger partial charge in [0.1, 0.15) is 16.5 Å². The Hall–Kier alpha value is -1.73. The van der Waals surface area contributed by atoms with Gasteiger partial charge in [0.05, 0.1) is 11.3 Å². The molecule has 1 saturated heterocycles. The summed E-state index contributed by atoms with van der Waals surface area (Å²) in [5.74, 6) is 1.87. The van der Waals surface area contributed by atoms with Crippen LogP contribution >= 0.6 is 11.3 Å². The number of nitrogens with one attached hydrogen (secondary N) is 1. The molecule has 130 valence electrons. The minimum Gasteiger partial charge on any atom is -0.355 e. The molecule has 0 saturated carbocycles. The lowest BCUT2D eigenvalue weighted by Crippen LogP contribution is -2.44. The molecule has 7 heteroatoms. The van der Waals surface area contributed by atoms with Gasteiger partial charge in [-0.2, -0.15) is 0 Å². The van der Waals surface area contributed by atoms with Crippen molar-refractivity contribution < 1.29 is 4.79 Å². The highest BCUT2D eigenvalue weighted by atomic mass is 32.1. The second-order valence-corrected chi connectivity index (χ2v) is 7.63. The van der Waals surface area contributed by atoms with E-state index in [1.165, 1.54) is 10.4 Å². The summed E-state index contributed by atoms with van der Waals surface area (Å²) in [4.78, 5) is 26.2. The van der Waals surface area contributed by atoms with Crippen molar-refractivity contribution in [1.29, 1.82) is 0 Å². The molecular formula is C17H25N5OS. The van der Waals surface area contributed by atoms with Gasteiger partial charge < -0.3 is 16.0 Å². The Morgan fingerprint density at radius 3 is 2.92 bits per heavy atom. The van der Waals surface area contributed by atoms with E-state index in [2.05, 4.69) is 29.0 Å². The summed E-state index contributed by atoms with van der Waals surface area (Å²) in [5, 5.41) is 4.06. The number of fused-ring (bicyclic) bond motifs is 1. The van der Waals surface area contributed by atoms with Crippen LogP contribution in [0, 0.1) is 26.7 Å². The number of amides is 1. The van der Waals surface area contributed by atoms with E-state index >= 15 is 0 Å². The van der Waals surface area contributed by atoms with Crippen molar-refractivity contribution in [3.05, 3.63) is 16.3 Å². The fraction of sp³-hybridized carbons (Fsp3) is 0.588. The van der Waals surface area contributed by atoms with E-state index in [0.29, 0.717) is 19.6 Å². The number of carbonyl (C=O) groups is 1. The highest BCUT2D eigenvalue weighted by Gasteiger charge is 2.28. The van der Waals surface area contributed by atoms with Gasteiger partial charge in [-0.15, -0.1) is 11.3 Å². The Bertz CT molecular complexity index is 757. The van der Waals surface area contributed by atoms with Crippen LogP contribution in [0.2, 0.25) is 0 Å². The fourth-order valence-electron chi connectivity index (χ4n) is 3.28. The summed E-state index contributed by atoms with van der Waals surface area (Å²) >= 11 is 1.72. The minimum absolute atomic E-state index is 0.00402. The predicted octanol–water partition coefficient (Wildman–Crippen LogP) is 1.91. The zero-order valence-corrected chi connectivity index (χ0v) is 15.4. The predicted molar refractivity (Wildman–Crippen MR) is 98.6 cm³/mol. The minimum atomic E-state index is -0.00402. The highest BCUT2D eigenvalue weighted by Crippen LogP contribution is 2.36. The van der Waals surface area contributed by atoms with Crippen LogP contribution in [-0.2, 0) is 4.79 Å². The van der Waals surface area contributed by atoms with Crippen LogP contribution in [0.15, 0.2) is 0 Å². The van der Waals surface area contributed by atoms with Crippen LogP contribution in [-0.4, -0.2) is 42.1 Å². The molecule has 1 fully saturated rings. The number of nitrogens with two attached hydrogens (primary N) is 1. The molecule has 3 heterocycles. The molecule has 0 bridgehead atoms. The van der Waals surface area contributed by atoms with Gasteiger partial charge in [0.2, 0.25) is 5.91 Å². The van der Waals surface area contributed by atoms with Gasteiger partial charge in [0.25, 0.3) is 0 Å². The number of hydrogen-bond donors (Lipinski definition) is 2. The average molecular weight is 347 g/mol. The normalized spacial score (nSPS) is 18.2. The lowest BCUT2D eigenvalue weighted by molar-refractivity contribution is -0.125. The number of aromatic nitrogens is 2. The summed E-state index contributed by atoms with van der Waals surface area (Å²) in [6, 6.07) is 0.